The summed E-state index contributed by atoms with van der Waals surface area (Å²) in [4.78, 5) is 24.4. The molecule has 0 radical (unpaired) electrons. The highest BCUT2D eigenvalue weighted by Crippen LogP contribution is 2.25. The molecule has 0 amide bonds. The molecule has 140 valence electrons. The zero-order valence-electron chi connectivity index (χ0n) is 15.1. The molecule has 0 aliphatic heterocycles. The number of benzene rings is 2. The fourth-order valence-electron chi connectivity index (χ4n) is 2.88. The summed E-state index contributed by atoms with van der Waals surface area (Å²) in [5.41, 5.74) is 0.164. The molecule has 3 aromatic rings. The van der Waals surface area contributed by atoms with Crippen LogP contribution in [0.5, 0.6) is 11.5 Å². The predicted octanol–water partition coefficient (Wildman–Crippen LogP) is 2.65. The summed E-state index contributed by atoms with van der Waals surface area (Å²) < 4.78 is 12.6. The molecular weight excluding hydrogens is 346 g/mol. The second-order valence-electron chi connectivity index (χ2n) is 6.05. The van der Waals surface area contributed by atoms with Crippen LogP contribution in [-0.4, -0.2) is 35.8 Å². The van der Waals surface area contributed by atoms with E-state index in [1.54, 1.807) is 30.0 Å². The van der Waals surface area contributed by atoms with Crippen molar-refractivity contribution >= 4 is 16.6 Å². The molecule has 3 rings (SSSR count). The van der Waals surface area contributed by atoms with Gasteiger partial charge >= 0.3 is 0 Å². The van der Waals surface area contributed by atoms with E-state index in [1.165, 1.54) is 6.07 Å². The summed E-state index contributed by atoms with van der Waals surface area (Å²) in [5, 5.41) is 10.2. The Hall–Kier alpha value is -3.12. The van der Waals surface area contributed by atoms with Gasteiger partial charge in [-0.3, -0.25) is 9.59 Å². The molecule has 6 heteroatoms. The number of aryl methyl sites for hydroxylation is 1. The molecule has 0 fully saturated rings. The van der Waals surface area contributed by atoms with Gasteiger partial charge in [-0.2, -0.15) is 0 Å². The molecule has 0 spiro atoms. The number of para-hydroxylation sites is 2. The summed E-state index contributed by atoms with van der Waals surface area (Å²) in [6.07, 6.45) is 2.38. The summed E-state index contributed by atoms with van der Waals surface area (Å²) >= 11 is 0. The van der Waals surface area contributed by atoms with Crippen molar-refractivity contribution in [1.82, 2.24) is 4.57 Å². The number of aliphatic hydroxyl groups excluding tert-OH is 1. The van der Waals surface area contributed by atoms with Gasteiger partial charge in [-0.25, -0.2) is 0 Å². The molecule has 6 nitrogen and oxygen atoms in total. The molecule has 0 aliphatic carbocycles. The van der Waals surface area contributed by atoms with Crippen molar-refractivity contribution in [3.05, 3.63) is 70.6 Å². The van der Waals surface area contributed by atoms with Crippen LogP contribution in [-0.2, 0) is 6.54 Å². The number of aliphatic hydroxyl groups is 1. The van der Waals surface area contributed by atoms with Crippen LogP contribution in [0.4, 0.5) is 0 Å². The van der Waals surface area contributed by atoms with Crippen LogP contribution in [0.1, 0.15) is 16.8 Å². The molecule has 0 aliphatic rings. The standard InChI is InChI=1S/C21H21NO5/c1-26-19-5-2-3-6-20(19)27-12-4-10-22-11-9-15-7-8-16(18(24)14-23)13-17(15)21(22)25/h2-3,5-9,11,13,23H,4,10,12,14H2,1H3. The number of hydrogen-bond acceptors (Lipinski definition) is 5. The lowest BCUT2D eigenvalue weighted by Crippen LogP contribution is -2.21. The third kappa shape index (κ3) is 4.17. The fraction of sp³-hybridized carbons (Fsp3) is 0.238. The minimum Gasteiger partial charge on any atom is -0.493 e. The van der Waals surface area contributed by atoms with Crippen LogP contribution in [0.25, 0.3) is 10.8 Å². The summed E-state index contributed by atoms with van der Waals surface area (Å²) in [7, 11) is 1.59. The van der Waals surface area contributed by atoms with Gasteiger partial charge in [-0.1, -0.05) is 24.3 Å². The normalized spacial score (nSPS) is 10.7. The Morgan fingerprint density at radius 1 is 1.11 bits per heavy atom. The smallest absolute Gasteiger partial charge is 0.258 e. The Bertz CT molecular complexity index is 1010. The van der Waals surface area contributed by atoms with Crippen LogP contribution in [0.2, 0.25) is 0 Å². The minimum absolute atomic E-state index is 0.169. The maximum Gasteiger partial charge on any atom is 0.258 e. The number of ether oxygens (including phenoxy) is 2. The van der Waals surface area contributed by atoms with Gasteiger partial charge in [0, 0.05) is 23.7 Å². The summed E-state index contributed by atoms with van der Waals surface area (Å²) in [6, 6.07) is 14.1. The average Bonchev–Trinajstić information content (AvgIpc) is 2.72. The molecule has 0 atom stereocenters. The molecule has 27 heavy (non-hydrogen) atoms. The Morgan fingerprint density at radius 2 is 1.89 bits per heavy atom. The SMILES string of the molecule is COc1ccccc1OCCCn1ccc2ccc(C(=O)CO)cc2c1=O. The molecule has 1 aromatic heterocycles. The minimum atomic E-state index is -0.577. The second kappa shape index (κ2) is 8.51. The second-order valence-corrected chi connectivity index (χ2v) is 6.05. The lowest BCUT2D eigenvalue weighted by atomic mass is 10.1. The third-order valence-electron chi connectivity index (χ3n) is 4.31. The van der Waals surface area contributed by atoms with E-state index in [1.807, 2.05) is 30.3 Å². The third-order valence-corrected chi connectivity index (χ3v) is 4.31. The van der Waals surface area contributed by atoms with Crippen LogP contribution in [0, 0.1) is 0 Å². The highest BCUT2D eigenvalue weighted by Gasteiger charge is 2.09. The topological polar surface area (TPSA) is 77.8 Å². The van der Waals surface area contributed by atoms with Crippen molar-refractivity contribution in [2.75, 3.05) is 20.3 Å². The highest BCUT2D eigenvalue weighted by molar-refractivity contribution is 6.00. The van der Waals surface area contributed by atoms with Crippen LogP contribution in [0.15, 0.2) is 59.5 Å². The van der Waals surface area contributed by atoms with Gasteiger partial charge in [0.1, 0.15) is 6.61 Å². The van der Waals surface area contributed by atoms with Gasteiger partial charge in [-0.05, 0) is 36.1 Å². The molecule has 0 unspecified atom stereocenters. The number of hydrogen-bond donors (Lipinski definition) is 1. The number of carbonyl (C=O) groups excluding carboxylic acids is 1. The maximum atomic E-state index is 12.7. The van der Waals surface area contributed by atoms with E-state index in [0.29, 0.717) is 42.0 Å². The number of nitrogens with zero attached hydrogens (tertiary/aromatic N) is 1. The van der Waals surface area contributed by atoms with E-state index in [2.05, 4.69) is 0 Å². The van der Waals surface area contributed by atoms with Gasteiger partial charge < -0.3 is 19.1 Å². The van der Waals surface area contributed by atoms with Gasteiger partial charge in [0.15, 0.2) is 17.3 Å². The van der Waals surface area contributed by atoms with E-state index < -0.39 is 12.4 Å². The Labute approximate surface area is 156 Å². The predicted molar refractivity (Wildman–Crippen MR) is 103 cm³/mol. The Morgan fingerprint density at radius 3 is 2.63 bits per heavy atom. The lowest BCUT2D eigenvalue weighted by molar-refractivity contribution is 0.0904. The maximum absolute atomic E-state index is 12.7. The van der Waals surface area contributed by atoms with Crippen molar-refractivity contribution in [3.63, 3.8) is 0 Å². The first-order valence-corrected chi connectivity index (χ1v) is 8.67. The van der Waals surface area contributed by atoms with E-state index in [4.69, 9.17) is 14.6 Å². The molecule has 2 aromatic carbocycles. The number of rotatable bonds is 8. The van der Waals surface area contributed by atoms with Crippen molar-refractivity contribution in [2.24, 2.45) is 0 Å². The Balaban J connectivity index is 1.70. The van der Waals surface area contributed by atoms with Crippen molar-refractivity contribution in [1.29, 1.82) is 0 Å². The quantitative estimate of drug-likeness (QED) is 0.489. The van der Waals surface area contributed by atoms with Crippen LogP contribution in [0.3, 0.4) is 0 Å². The first-order chi connectivity index (χ1) is 13.1. The Kier molecular flexibility index (Phi) is 5.88. The fourth-order valence-corrected chi connectivity index (χ4v) is 2.88. The number of fused-ring (bicyclic) bond motifs is 1. The van der Waals surface area contributed by atoms with Gasteiger partial charge in [0.25, 0.3) is 5.56 Å². The monoisotopic (exact) mass is 367 g/mol. The molecule has 1 N–H and O–H groups in total. The summed E-state index contributed by atoms with van der Waals surface area (Å²) in [5.74, 6) is 0.927. The molecule has 0 saturated heterocycles. The van der Waals surface area contributed by atoms with Crippen molar-refractivity contribution in [2.45, 2.75) is 13.0 Å². The molecule has 1 heterocycles. The van der Waals surface area contributed by atoms with Gasteiger partial charge in [0.2, 0.25) is 0 Å². The molecule has 0 bridgehead atoms. The van der Waals surface area contributed by atoms with Crippen LogP contribution >= 0.6 is 0 Å². The molecule has 0 saturated carbocycles. The zero-order valence-corrected chi connectivity index (χ0v) is 15.1. The number of methoxy groups -OCH3 is 1. The number of pyridine rings is 1. The number of carbonyl (C=O) groups is 1. The number of Topliss-reactive ketones (excluding diaryl/α,β-unsaturated/α-hetero) is 1. The zero-order chi connectivity index (χ0) is 19.2. The van der Waals surface area contributed by atoms with Crippen molar-refractivity contribution in [3.8, 4) is 11.5 Å². The first-order valence-electron chi connectivity index (χ1n) is 8.67. The van der Waals surface area contributed by atoms with E-state index >= 15 is 0 Å². The number of ketones is 1. The molecular formula is C21H21NO5. The van der Waals surface area contributed by atoms with E-state index in [-0.39, 0.29) is 5.56 Å². The van der Waals surface area contributed by atoms with Gasteiger partial charge in [0.05, 0.1) is 13.7 Å². The van der Waals surface area contributed by atoms with Gasteiger partial charge in [-0.15, -0.1) is 0 Å². The summed E-state index contributed by atoms with van der Waals surface area (Å²) in [6.45, 7) is 0.350. The highest BCUT2D eigenvalue weighted by atomic mass is 16.5. The first kappa shape index (κ1) is 18.7. The lowest BCUT2D eigenvalue weighted by Gasteiger charge is -2.11. The van der Waals surface area contributed by atoms with E-state index in [9.17, 15) is 9.59 Å². The number of aromatic nitrogens is 1. The average molecular weight is 367 g/mol. The van der Waals surface area contributed by atoms with Crippen molar-refractivity contribution < 1.29 is 19.4 Å². The van der Waals surface area contributed by atoms with E-state index in [0.717, 1.165) is 5.39 Å². The van der Waals surface area contributed by atoms with Crippen LogP contribution < -0.4 is 15.0 Å². The largest absolute Gasteiger partial charge is 0.493 e.